The monoisotopic (exact) mass is 310 g/mol. The molecule has 3 N–H and O–H groups in total. The van der Waals surface area contributed by atoms with Crippen molar-refractivity contribution in [1.29, 1.82) is 0 Å². The van der Waals surface area contributed by atoms with Gasteiger partial charge < -0.3 is 5.32 Å². The zero-order valence-corrected chi connectivity index (χ0v) is 13.0. The van der Waals surface area contributed by atoms with E-state index in [0.29, 0.717) is 12.3 Å². The quantitative estimate of drug-likeness (QED) is 0.872. The molecule has 1 aliphatic rings. The first-order chi connectivity index (χ1) is 9.86. The Morgan fingerprint density at radius 1 is 1.38 bits per heavy atom. The predicted molar refractivity (Wildman–Crippen MR) is 80.9 cm³/mol. The van der Waals surface area contributed by atoms with Gasteiger partial charge >= 0.3 is 0 Å². The molecule has 1 amide bonds. The molecule has 116 valence electrons. The smallest absolute Gasteiger partial charge is 0.238 e. The van der Waals surface area contributed by atoms with Crippen LogP contribution in [0.4, 0.5) is 0 Å². The summed E-state index contributed by atoms with van der Waals surface area (Å²) in [5.41, 5.74) is 0.737. The van der Waals surface area contributed by atoms with E-state index >= 15 is 0 Å². The highest BCUT2D eigenvalue weighted by molar-refractivity contribution is 7.89. The molecule has 0 heterocycles. The van der Waals surface area contributed by atoms with E-state index in [0.717, 1.165) is 18.4 Å². The van der Waals surface area contributed by atoms with E-state index < -0.39 is 10.0 Å². The van der Waals surface area contributed by atoms with E-state index in [1.807, 2.05) is 6.92 Å². The number of amides is 1. The van der Waals surface area contributed by atoms with Crippen molar-refractivity contribution in [3.63, 3.8) is 0 Å². The molecular formula is C15H22N2O3S. The van der Waals surface area contributed by atoms with Gasteiger partial charge in [-0.3, -0.25) is 4.79 Å². The fourth-order valence-electron chi connectivity index (χ4n) is 2.82. The maximum atomic E-state index is 12.0. The Morgan fingerprint density at radius 2 is 2.05 bits per heavy atom. The van der Waals surface area contributed by atoms with Crippen LogP contribution in [-0.4, -0.2) is 14.3 Å². The number of carbonyl (C=O) groups excluding carboxylic acids is 1. The van der Waals surface area contributed by atoms with Crippen LogP contribution in [0.15, 0.2) is 29.2 Å². The van der Waals surface area contributed by atoms with Crippen molar-refractivity contribution in [2.75, 3.05) is 0 Å². The summed E-state index contributed by atoms with van der Waals surface area (Å²) in [7, 11) is -3.72. The first-order valence-corrected chi connectivity index (χ1v) is 8.83. The van der Waals surface area contributed by atoms with E-state index in [4.69, 9.17) is 5.14 Å². The van der Waals surface area contributed by atoms with Crippen LogP contribution in [0, 0.1) is 5.92 Å². The van der Waals surface area contributed by atoms with Crippen LogP contribution in [0.1, 0.15) is 50.6 Å². The fourth-order valence-corrected chi connectivity index (χ4v) is 3.39. The van der Waals surface area contributed by atoms with Crippen LogP contribution in [0.2, 0.25) is 0 Å². The molecule has 0 saturated heterocycles. The summed E-state index contributed by atoms with van der Waals surface area (Å²) in [5, 5.41) is 8.05. The van der Waals surface area contributed by atoms with Gasteiger partial charge in [0.1, 0.15) is 0 Å². The average molecular weight is 310 g/mol. The third kappa shape index (κ3) is 4.54. The lowest BCUT2D eigenvalue weighted by Crippen LogP contribution is -2.28. The summed E-state index contributed by atoms with van der Waals surface area (Å²) in [6, 6.07) is 6.15. The molecule has 0 radical (unpaired) electrons. The summed E-state index contributed by atoms with van der Waals surface area (Å²) in [6.45, 7) is 1.84. The number of sulfonamides is 1. The number of hydrogen-bond donors (Lipinski definition) is 2. The van der Waals surface area contributed by atoms with Crippen molar-refractivity contribution >= 4 is 15.9 Å². The Balaban J connectivity index is 1.99. The lowest BCUT2D eigenvalue weighted by atomic mass is 10.0. The van der Waals surface area contributed by atoms with E-state index in [1.165, 1.54) is 25.0 Å². The molecule has 5 nitrogen and oxygen atoms in total. The summed E-state index contributed by atoms with van der Waals surface area (Å²) < 4.78 is 22.7. The van der Waals surface area contributed by atoms with Crippen LogP contribution >= 0.6 is 0 Å². The molecule has 0 bridgehead atoms. The Labute approximate surface area is 126 Å². The molecular weight excluding hydrogens is 288 g/mol. The van der Waals surface area contributed by atoms with E-state index in [1.54, 1.807) is 12.1 Å². The number of hydrogen-bond acceptors (Lipinski definition) is 3. The highest BCUT2D eigenvalue weighted by atomic mass is 32.2. The molecule has 1 atom stereocenters. The highest BCUT2D eigenvalue weighted by Gasteiger charge is 2.20. The SMILES string of the molecule is C[C@H](NC(=O)CC1CCCC1)c1cccc(S(N)(=O)=O)c1. The van der Waals surface area contributed by atoms with Crippen LogP contribution in [0.25, 0.3) is 0 Å². The molecule has 1 aromatic rings. The lowest BCUT2D eigenvalue weighted by molar-refractivity contribution is -0.122. The van der Waals surface area contributed by atoms with Crippen molar-refractivity contribution in [1.82, 2.24) is 5.32 Å². The minimum absolute atomic E-state index is 0.0235. The minimum Gasteiger partial charge on any atom is -0.350 e. The van der Waals surface area contributed by atoms with E-state index in [-0.39, 0.29) is 16.8 Å². The van der Waals surface area contributed by atoms with Gasteiger partial charge in [0, 0.05) is 6.42 Å². The lowest BCUT2D eigenvalue weighted by Gasteiger charge is -2.16. The summed E-state index contributed by atoms with van der Waals surface area (Å²) in [4.78, 5) is 12.1. The maximum Gasteiger partial charge on any atom is 0.238 e. The van der Waals surface area contributed by atoms with Crippen molar-refractivity contribution in [2.24, 2.45) is 11.1 Å². The standard InChI is InChI=1S/C15H22N2O3S/c1-11(17-15(18)9-12-5-2-3-6-12)13-7-4-8-14(10-13)21(16,19)20/h4,7-8,10-12H,2-3,5-6,9H2,1H3,(H,17,18)(H2,16,19,20)/t11-/m0/s1. The zero-order valence-electron chi connectivity index (χ0n) is 12.2. The van der Waals surface area contributed by atoms with Crippen molar-refractivity contribution in [3.05, 3.63) is 29.8 Å². The summed E-state index contributed by atoms with van der Waals surface area (Å²) in [6.07, 6.45) is 5.23. The number of benzene rings is 1. The highest BCUT2D eigenvalue weighted by Crippen LogP contribution is 2.27. The Bertz CT molecular complexity index is 607. The molecule has 0 unspecified atom stereocenters. The minimum atomic E-state index is -3.72. The van der Waals surface area contributed by atoms with Crippen molar-refractivity contribution < 1.29 is 13.2 Å². The van der Waals surface area contributed by atoms with Crippen molar-refractivity contribution in [2.45, 2.75) is 50.0 Å². The van der Waals surface area contributed by atoms with Gasteiger partial charge in [-0.1, -0.05) is 25.0 Å². The molecule has 21 heavy (non-hydrogen) atoms. The largest absolute Gasteiger partial charge is 0.350 e. The molecule has 1 aromatic carbocycles. The van der Waals surface area contributed by atoms with Gasteiger partial charge in [-0.25, -0.2) is 13.6 Å². The zero-order chi connectivity index (χ0) is 15.5. The molecule has 2 rings (SSSR count). The number of rotatable bonds is 5. The number of carbonyl (C=O) groups is 1. The third-order valence-corrected chi connectivity index (χ3v) is 4.92. The van der Waals surface area contributed by atoms with Crippen molar-refractivity contribution in [3.8, 4) is 0 Å². The van der Waals surface area contributed by atoms with Crippen LogP contribution in [-0.2, 0) is 14.8 Å². The molecule has 0 spiro atoms. The topological polar surface area (TPSA) is 89.3 Å². The van der Waals surface area contributed by atoms with Gasteiger partial charge in [0.05, 0.1) is 10.9 Å². The van der Waals surface area contributed by atoms with Gasteiger partial charge in [0.2, 0.25) is 15.9 Å². The Hall–Kier alpha value is -1.40. The molecule has 0 aromatic heterocycles. The Kier molecular flexibility index (Phi) is 5.00. The molecule has 6 heteroatoms. The number of nitrogens with one attached hydrogen (secondary N) is 1. The normalized spacial score (nSPS) is 17.6. The second-order valence-electron chi connectivity index (χ2n) is 5.76. The van der Waals surface area contributed by atoms with Gasteiger partial charge in [-0.15, -0.1) is 0 Å². The third-order valence-electron chi connectivity index (χ3n) is 4.01. The number of primary sulfonamides is 1. The van der Waals surface area contributed by atoms with Crippen LogP contribution in [0.3, 0.4) is 0 Å². The Morgan fingerprint density at radius 3 is 2.67 bits per heavy atom. The molecule has 1 aliphatic carbocycles. The van der Waals surface area contributed by atoms with Crippen LogP contribution < -0.4 is 10.5 Å². The predicted octanol–water partition coefficient (Wildman–Crippen LogP) is 2.09. The summed E-state index contributed by atoms with van der Waals surface area (Å²) >= 11 is 0. The van der Waals surface area contributed by atoms with Gasteiger partial charge in [0.25, 0.3) is 0 Å². The average Bonchev–Trinajstić information content (AvgIpc) is 2.90. The maximum absolute atomic E-state index is 12.0. The van der Waals surface area contributed by atoms with Gasteiger partial charge in [-0.05, 0) is 43.4 Å². The number of nitrogens with two attached hydrogens (primary N) is 1. The second-order valence-corrected chi connectivity index (χ2v) is 7.32. The first-order valence-electron chi connectivity index (χ1n) is 7.28. The van der Waals surface area contributed by atoms with Gasteiger partial charge in [-0.2, -0.15) is 0 Å². The second kappa shape index (κ2) is 6.58. The molecule has 1 fully saturated rings. The fraction of sp³-hybridized carbons (Fsp3) is 0.533. The summed E-state index contributed by atoms with van der Waals surface area (Å²) in [5.74, 6) is 0.517. The molecule has 0 aliphatic heterocycles. The first kappa shape index (κ1) is 16.0. The molecule has 1 saturated carbocycles. The van der Waals surface area contributed by atoms with E-state index in [2.05, 4.69) is 5.32 Å². The van der Waals surface area contributed by atoms with E-state index in [9.17, 15) is 13.2 Å². The van der Waals surface area contributed by atoms with Crippen LogP contribution in [0.5, 0.6) is 0 Å². The van der Waals surface area contributed by atoms with Gasteiger partial charge in [0.15, 0.2) is 0 Å².